The normalized spacial score (nSPS) is 19.6. The van der Waals surface area contributed by atoms with E-state index in [4.69, 9.17) is 4.52 Å². The van der Waals surface area contributed by atoms with Crippen LogP contribution < -0.4 is 5.32 Å². The highest BCUT2D eigenvalue weighted by Gasteiger charge is 2.25. The summed E-state index contributed by atoms with van der Waals surface area (Å²) < 4.78 is 27.3. The molecular formula is C11H16N2O4S. The van der Waals surface area contributed by atoms with Crippen LogP contribution in [0.3, 0.4) is 0 Å². The van der Waals surface area contributed by atoms with Crippen molar-refractivity contribution in [3.8, 4) is 0 Å². The molecule has 1 aliphatic heterocycles. The number of anilines is 1. The van der Waals surface area contributed by atoms with Gasteiger partial charge in [0.05, 0.1) is 11.5 Å². The molecule has 18 heavy (non-hydrogen) atoms. The number of hydrogen-bond acceptors (Lipinski definition) is 5. The Morgan fingerprint density at radius 1 is 1.50 bits per heavy atom. The molecule has 6 nitrogen and oxygen atoms in total. The average Bonchev–Trinajstić information content (AvgIpc) is 2.67. The molecule has 0 saturated carbocycles. The van der Waals surface area contributed by atoms with Crippen molar-refractivity contribution in [3.05, 3.63) is 11.8 Å². The van der Waals surface area contributed by atoms with E-state index in [0.29, 0.717) is 30.8 Å². The maximum Gasteiger partial charge on any atom is 0.225 e. The number of hydrogen-bond donors (Lipinski definition) is 1. The predicted octanol–water partition coefficient (Wildman–Crippen LogP) is 1.14. The van der Waals surface area contributed by atoms with Gasteiger partial charge in [-0.05, 0) is 25.7 Å². The number of carbonyl (C=O) groups is 1. The molecule has 1 aromatic rings. The SMILES string of the molecule is Cc1cc(NC(=O)CC2CCS(=O)(=O)CC2)no1. The zero-order valence-corrected chi connectivity index (χ0v) is 11.0. The lowest BCUT2D eigenvalue weighted by molar-refractivity contribution is -0.117. The molecule has 0 spiro atoms. The van der Waals surface area contributed by atoms with Gasteiger partial charge in [-0.2, -0.15) is 0 Å². The van der Waals surface area contributed by atoms with Crippen molar-refractivity contribution in [2.75, 3.05) is 16.8 Å². The molecule has 0 atom stereocenters. The number of rotatable bonds is 3. The van der Waals surface area contributed by atoms with Crippen LogP contribution in [0.4, 0.5) is 5.82 Å². The fourth-order valence-corrected chi connectivity index (χ4v) is 3.61. The molecule has 1 saturated heterocycles. The van der Waals surface area contributed by atoms with E-state index in [0.717, 1.165) is 0 Å². The maximum atomic E-state index is 11.7. The van der Waals surface area contributed by atoms with Crippen molar-refractivity contribution < 1.29 is 17.7 Å². The van der Waals surface area contributed by atoms with Crippen molar-refractivity contribution in [2.45, 2.75) is 26.2 Å². The summed E-state index contributed by atoms with van der Waals surface area (Å²) >= 11 is 0. The molecule has 1 amide bonds. The van der Waals surface area contributed by atoms with Crippen LogP contribution in [0, 0.1) is 12.8 Å². The molecule has 100 valence electrons. The Balaban J connectivity index is 1.82. The van der Waals surface area contributed by atoms with Gasteiger partial charge >= 0.3 is 0 Å². The lowest BCUT2D eigenvalue weighted by atomic mass is 9.98. The Bertz CT molecular complexity index is 521. The second-order valence-electron chi connectivity index (χ2n) is 4.67. The molecule has 1 fully saturated rings. The summed E-state index contributed by atoms with van der Waals surface area (Å²) in [7, 11) is -2.87. The average molecular weight is 272 g/mol. The second-order valence-corrected chi connectivity index (χ2v) is 6.97. The van der Waals surface area contributed by atoms with Crippen LogP contribution >= 0.6 is 0 Å². The van der Waals surface area contributed by atoms with Crippen molar-refractivity contribution in [2.24, 2.45) is 5.92 Å². The van der Waals surface area contributed by atoms with Crippen LogP contribution in [-0.2, 0) is 14.6 Å². The van der Waals surface area contributed by atoms with Crippen LogP contribution in [-0.4, -0.2) is 31.0 Å². The van der Waals surface area contributed by atoms with E-state index in [2.05, 4.69) is 10.5 Å². The minimum absolute atomic E-state index is 0.140. The van der Waals surface area contributed by atoms with Crippen LogP contribution in [0.25, 0.3) is 0 Å². The van der Waals surface area contributed by atoms with Crippen LogP contribution in [0.15, 0.2) is 10.6 Å². The van der Waals surface area contributed by atoms with Gasteiger partial charge < -0.3 is 9.84 Å². The smallest absolute Gasteiger partial charge is 0.225 e. The van der Waals surface area contributed by atoms with Gasteiger partial charge in [-0.25, -0.2) is 8.42 Å². The molecule has 1 N–H and O–H groups in total. The Kier molecular flexibility index (Phi) is 3.70. The summed E-state index contributed by atoms with van der Waals surface area (Å²) in [5.74, 6) is 1.41. The van der Waals surface area contributed by atoms with Gasteiger partial charge in [0.15, 0.2) is 5.82 Å². The summed E-state index contributed by atoms with van der Waals surface area (Å²) in [6, 6.07) is 1.64. The van der Waals surface area contributed by atoms with Gasteiger partial charge in [0.25, 0.3) is 0 Å². The Morgan fingerprint density at radius 3 is 2.72 bits per heavy atom. The summed E-state index contributed by atoms with van der Waals surface area (Å²) in [6.45, 7) is 1.74. The lowest BCUT2D eigenvalue weighted by Gasteiger charge is -2.20. The molecule has 2 heterocycles. The molecular weight excluding hydrogens is 256 g/mol. The van der Waals surface area contributed by atoms with E-state index < -0.39 is 9.84 Å². The Morgan fingerprint density at radius 2 is 2.17 bits per heavy atom. The summed E-state index contributed by atoms with van der Waals surface area (Å²) in [6.07, 6.45) is 1.46. The van der Waals surface area contributed by atoms with Gasteiger partial charge in [-0.1, -0.05) is 5.16 Å². The van der Waals surface area contributed by atoms with Gasteiger partial charge in [-0.15, -0.1) is 0 Å². The van der Waals surface area contributed by atoms with Crippen molar-refractivity contribution in [1.82, 2.24) is 5.16 Å². The molecule has 1 aromatic heterocycles. The van der Waals surface area contributed by atoms with E-state index in [9.17, 15) is 13.2 Å². The van der Waals surface area contributed by atoms with Crippen molar-refractivity contribution >= 4 is 21.6 Å². The minimum Gasteiger partial charge on any atom is -0.360 e. The number of carbonyl (C=O) groups excluding carboxylic acids is 1. The Labute approximate surface area is 106 Å². The highest BCUT2D eigenvalue weighted by molar-refractivity contribution is 7.91. The summed E-state index contributed by atoms with van der Waals surface area (Å²) in [5, 5.41) is 6.31. The van der Waals surface area contributed by atoms with Crippen molar-refractivity contribution in [3.63, 3.8) is 0 Å². The Hall–Kier alpha value is -1.37. The second kappa shape index (κ2) is 5.09. The number of aromatic nitrogens is 1. The van der Waals surface area contributed by atoms with Crippen LogP contribution in [0.2, 0.25) is 0 Å². The first-order chi connectivity index (χ1) is 8.44. The monoisotopic (exact) mass is 272 g/mol. The first-order valence-electron chi connectivity index (χ1n) is 5.88. The standard InChI is InChI=1S/C11H16N2O4S/c1-8-6-10(13-17-8)12-11(14)7-9-2-4-18(15,16)5-3-9/h6,9H,2-5,7H2,1H3,(H,12,13,14). The molecule has 0 radical (unpaired) electrons. The molecule has 0 aromatic carbocycles. The molecule has 2 rings (SSSR count). The summed E-state index contributed by atoms with van der Waals surface area (Å²) in [5.41, 5.74) is 0. The van der Waals surface area contributed by atoms with E-state index in [1.165, 1.54) is 0 Å². The van der Waals surface area contributed by atoms with Gasteiger partial charge in [-0.3, -0.25) is 4.79 Å². The third kappa shape index (κ3) is 3.56. The molecule has 7 heteroatoms. The molecule has 0 unspecified atom stereocenters. The quantitative estimate of drug-likeness (QED) is 0.891. The molecule has 0 bridgehead atoms. The topological polar surface area (TPSA) is 89.3 Å². The predicted molar refractivity (Wildman–Crippen MR) is 65.9 cm³/mol. The van der Waals surface area contributed by atoms with Crippen LogP contribution in [0.1, 0.15) is 25.0 Å². The van der Waals surface area contributed by atoms with E-state index in [1.54, 1.807) is 13.0 Å². The highest BCUT2D eigenvalue weighted by Crippen LogP contribution is 2.22. The number of nitrogens with one attached hydrogen (secondary N) is 1. The molecule has 0 aliphatic carbocycles. The fourth-order valence-electron chi connectivity index (χ4n) is 2.02. The first kappa shape index (κ1) is 13.1. The van der Waals surface area contributed by atoms with E-state index in [1.807, 2.05) is 0 Å². The number of amides is 1. The number of aryl methyl sites for hydroxylation is 1. The van der Waals surface area contributed by atoms with Crippen LogP contribution in [0.5, 0.6) is 0 Å². The van der Waals surface area contributed by atoms with Gasteiger partial charge in [0, 0.05) is 12.5 Å². The minimum atomic E-state index is -2.87. The number of nitrogens with zero attached hydrogens (tertiary/aromatic N) is 1. The zero-order chi connectivity index (χ0) is 13.2. The first-order valence-corrected chi connectivity index (χ1v) is 7.70. The van der Waals surface area contributed by atoms with Gasteiger partial charge in [0.2, 0.25) is 5.91 Å². The largest absolute Gasteiger partial charge is 0.360 e. The maximum absolute atomic E-state index is 11.7. The zero-order valence-electron chi connectivity index (χ0n) is 10.2. The summed E-state index contributed by atoms with van der Waals surface area (Å²) in [4.78, 5) is 11.7. The fraction of sp³-hybridized carbons (Fsp3) is 0.636. The van der Waals surface area contributed by atoms with Gasteiger partial charge in [0.1, 0.15) is 15.6 Å². The molecule has 1 aliphatic rings. The van der Waals surface area contributed by atoms with E-state index in [-0.39, 0.29) is 23.3 Å². The lowest BCUT2D eigenvalue weighted by Crippen LogP contribution is -2.26. The van der Waals surface area contributed by atoms with E-state index >= 15 is 0 Å². The number of sulfone groups is 1. The van der Waals surface area contributed by atoms with Crippen molar-refractivity contribution in [1.29, 1.82) is 0 Å². The third-order valence-corrected chi connectivity index (χ3v) is 4.76. The third-order valence-electron chi connectivity index (χ3n) is 3.04. The highest BCUT2D eigenvalue weighted by atomic mass is 32.2.